The summed E-state index contributed by atoms with van der Waals surface area (Å²) in [6, 6.07) is 7.42. The average Bonchev–Trinajstić information content (AvgIpc) is 3.22. The molecule has 0 radical (unpaired) electrons. The second-order valence-electron chi connectivity index (χ2n) is 8.15. The second-order valence-corrected chi connectivity index (χ2v) is 11.7. The van der Waals surface area contributed by atoms with E-state index in [1.807, 2.05) is 45.2 Å². The Hall–Kier alpha value is -1.64. The van der Waals surface area contributed by atoms with Crippen molar-refractivity contribution in [2.75, 3.05) is 31.1 Å². The Kier molecular flexibility index (Phi) is 6.58. The molecular weight excluding hydrogens is 485 g/mol. The van der Waals surface area contributed by atoms with Crippen LogP contribution in [0.5, 0.6) is 0 Å². The molecule has 1 aliphatic rings. The van der Waals surface area contributed by atoms with E-state index in [2.05, 4.69) is 11.0 Å². The van der Waals surface area contributed by atoms with Gasteiger partial charge in [-0.2, -0.15) is 4.31 Å². The van der Waals surface area contributed by atoms with Crippen LogP contribution in [0, 0.1) is 27.7 Å². The quantitative estimate of drug-likeness (QED) is 0.441. The molecule has 1 aliphatic heterocycles. The molecule has 0 saturated carbocycles. The summed E-state index contributed by atoms with van der Waals surface area (Å²) in [6.07, 6.45) is 0. The minimum atomic E-state index is -3.56. The number of thiazole rings is 1. The number of nitrogens with zero attached hydrogens (tertiary/aromatic N) is 3. The molecule has 3 aromatic rings. The number of benzene rings is 2. The van der Waals surface area contributed by atoms with Crippen molar-refractivity contribution < 1.29 is 8.42 Å². The lowest BCUT2D eigenvalue weighted by Gasteiger charge is -2.34. The second kappa shape index (κ2) is 8.95. The van der Waals surface area contributed by atoms with Crippen molar-refractivity contribution >= 4 is 49.7 Å². The van der Waals surface area contributed by atoms with E-state index in [-0.39, 0.29) is 0 Å². The van der Waals surface area contributed by atoms with Crippen molar-refractivity contribution in [3.8, 4) is 11.3 Å². The first-order valence-electron chi connectivity index (χ1n) is 10.3. The lowest BCUT2D eigenvalue weighted by molar-refractivity contribution is 0.384. The molecule has 32 heavy (non-hydrogen) atoms. The number of halogens is 2. The fraction of sp³-hybridized carbons (Fsp3) is 0.348. The molecule has 0 N–H and O–H groups in total. The standard InChI is InChI=1S/C23H25Cl2N3O2S2/c1-14-9-15(2)17(4)22(16(14)3)32(29,30)28-7-5-27(6-8-28)23-26-21(13-31-23)18-10-19(24)12-20(25)11-18/h9-13H,5-8H2,1-4H3. The first kappa shape index (κ1) is 23.5. The minimum absolute atomic E-state index is 0.423. The third-order valence-electron chi connectivity index (χ3n) is 6.05. The van der Waals surface area contributed by atoms with Crippen LogP contribution in [0.3, 0.4) is 0 Å². The van der Waals surface area contributed by atoms with E-state index >= 15 is 0 Å². The zero-order valence-corrected chi connectivity index (χ0v) is 21.6. The lowest BCUT2D eigenvalue weighted by Crippen LogP contribution is -2.49. The maximum absolute atomic E-state index is 13.5. The van der Waals surface area contributed by atoms with Crippen LogP contribution in [-0.2, 0) is 10.0 Å². The van der Waals surface area contributed by atoms with Crippen LogP contribution in [0.15, 0.2) is 34.5 Å². The Labute approximate surface area is 203 Å². The summed E-state index contributed by atoms with van der Waals surface area (Å²) in [5, 5.41) is 3.98. The molecule has 4 rings (SSSR count). The van der Waals surface area contributed by atoms with Gasteiger partial charge in [-0.3, -0.25) is 0 Å². The van der Waals surface area contributed by atoms with E-state index < -0.39 is 10.0 Å². The number of sulfonamides is 1. The summed E-state index contributed by atoms with van der Waals surface area (Å²) >= 11 is 13.8. The smallest absolute Gasteiger partial charge is 0.243 e. The van der Waals surface area contributed by atoms with Crippen LogP contribution in [0.4, 0.5) is 5.13 Å². The van der Waals surface area contributed by atoms with Gasteiger partial charge in [0.1, 0.15) is 0 Å². The van der Waals surface area contributed by atoms with Gasteiger partial charge in [0.25, 0.3) is 0 Å². The summed E-state index contributed by atoms with van der Waals surface area (Å²) in [5.74, 6) is 0. The number of aromatic nitrogens is 1. The van der Waals surface area contributed by atoms with E-state index in [0.29, 0.717) is 41.1 Å². The molecule has 1 fully saturated rings. The fourth-order valence-electron chi connectivity index (χ4n) is 4.06. The van der Waals surface area contributed by atoms with Gasteiger partial charge in [0.15, 0.2) is 5.13 Å². The zero-order chi connectivity index (χ0) is 23.2. The molecule has 0 amide bonds. The van der Waals surface area contributed by atoms with E-state index in [0.717, 1.165) is 38.6 Å². The van der Waals surface area contributed by atoms with Gasteiger partial charge in [-0.1, -0.05) is 29.3 Å². The van der Waals surface area contributed by atoms with Gasteiger partial charge in [-0.25, -0.2) is 13.4 Å². The highest BCUT2D eigenvalue weighted by Crippen LogP contribution is 2.33. The van der Waals surface area contributed by atoms with Crippen molar-refractivity contribution in [1.29, 1.82) is 0 Å². The maximum Gasteiger partial charge on any atom is 0.243 e. The molecule has 2 aromatic carbocycles. The third-order valence-corrected chi connectivity index (χ3v) is 9.57. The van der Waals surface area contributed by atoms with Crippen molar-refractivity contribution in [3.05, 3.63) is 61.9 Å². The fourth-order valence-corrected chi connectivity index (χ4v) is 7.47. The normalized spacial score (nSPS) is 15.4. The van der Waals surface area contributed by atoms with E-state index in [1.54, 1.807) is 10.4 Å². The molecule has 170 valence electrons. The first-order valence-corrected chi connectivity index (χ1v) is 13.4. The number of hydrogen-bond donors (Lipinski definition) is 0. The predicted octanol–water partition coefficient (Wildman–Crippen LogP) is 5.86. The minimum Gasteiger partial charge on any atom is -0.345 e. The Morgan fingerprint density at radius 1 is 0.875 bits per heavy atom. The third kappa shape index (κ3) is 4.41. The van der Waals surface area contributed by atoms with Gasteiger partial charge in [0, 0.05) is 47.2 Å². The summed E-state index contributed by atoms with van der Waals surface area (Å²) in [4.78, 5) is 7.33. The number of aryl methyl sites for hydroxylation is 2. The van der Waals surface area contributed by atoms with Crippen LogP contribution in [0.1, 0.15) is 22.3 Å². The number of piperazine rings is 1. The van der Waals surface area contributed by atoms with Crippen molar-refractivity contribution in [3.63, 3.8) is 0 Å². The molecule has 9 heteroatoms. The number of rotatable bonds is 4. The molecule has 0 bridgehead atoms. The van der Waals surface area contributed by atoms with Crippen molar-refractivity contribution in [1.82, 2.24) is 9.29 Å². The van der Waals surface area contributed by atoms with Gasteiger partial charge in [0.2, 0.25) is 10.0 Å². The molecule has 2 heterocycles. The summed E-state index contributed by atoms with van der Waals surface area (Å²) in [5.41, 5.74) is 5.35. The molecule has 1 aromatic heterocycles. The highest BCUT2D eigenvalue weighted by molar-refractivity contribution is 7.89. The Morgan fingerprint density at radius 2 is 1.44 bits per heavy atom. The Balaban J connectivity index is 1.52. The number of anilines is 1. The van der Waals surface area contributed by atoms with E-state index in [9.17, 15) is 8.42 Å². The SMILES string of the molecule is Cc1cc(C)c(C)c(S(=O)(=O)N2CCN(c3nc(-c4cc(Cl)cc(Cl)c4)cs3)CC2)c1C. The van der Waals surface area contributed by atoms with Gasteiger partial charge < -0.3 is 4.90 Å². The number of hydrogen-bond acceptors (Lipinski definition) is 5. The lowest BCUT2D eigenvalue weighted by atomic mass is 10.0. The highest BCUT2D eigenvalue weighted by Gasteiger charge is 2.32. The molecule has 5 nitrogen and oxygen atoms in total. The molecule has 1 saturated heterocycles. The van der Waals surface area contributed by atoms with Crippen LogP contribution < -0.4 is 4.90 Å². The Bertz CT molecular complexity index is 1230. The van der Waals surface area contributed by atoms with Crippen LogP contribution >= 0.6 is 34.5 Å². The first-order chi connectivity index (χ1) is 15.1. The van der Waals surface area contributed by atoms with Gasteiger partial charge in [-0.05, 0) is 68.1 Å². The van der Waals surface area contributed by atoms with Crippen molar-refractivity contribution in [2.24, 2.45) is 0 Å². The molecular formula is C23H25Cl2N3O2S2. The topological polar surface area (TPSA) is 53.5 Å². The highest BCUT2D eigenvalue weighted by atomic mass is 35.5. The van der Waals surface area contributed by atoms with Gasteiger partial charge in [-0.15, -0.1) is 11.3 Å². The molecule has 0 aliphatic carbocycles. The summed E-state index contributed by atoms with van der Waals surface area (Å²) in [6.45, 7) is 9.74. The molecule has 0 atom stereocenters. The van der Waals surface area contributed by atoms with E-state index in [4.69, 9.17) is 28.2 Å². The summed E-state index contributed by atoms with van der Waals surface area (Å²) in [7, 11) is -3.56. The molecule has 0 spiro atoms. The van der Waals surface area contributed by atoms with Crippen LogP contribution in [0.25, 0.3) is 11.3 Å². The van der Waals surface area contributed by atoms with Crippen LogP contribution in [-0.4, -0.2) is 43.9 Å². The predicted molar refractivity (Wildman–Crippen MR) is 134 cm³/mol. The Morgan fingerprint density at radius 3 is 2.00 bits per heavy atom. The average molecular weight is 511 g/mol. The maximum atomic E-state index is 13.5. The van der Waals surface area contributed by atoms with Crippen LogP contribution in [0.2, 0.25) is 10.0 Å². The molecule has 0 unspecified atom stereocenters. The zero-order valence-electron chi connectivity index (χ0n) is 18.4. The summed E-state index contributed by atoms with van der Waals surface area (Å²) < 4.78 is 28.6. The van der Waals surface area contributed by atoms with Gasteiger partial charge >= 0.3 is 0 Å². The largest absolute Gasteiger partial charge is 0.345 e. The van der Waals surface area contributed by atoms with Crippen molar-refractivity contribution in [2.45, 2.75) is 32.6 Å². The van der Waals surface area contributed by atoms with E-state index in [1.165, 1.54) is 11.3 Å². The monoisotopic (exact) mass is 509 g/mol. The van der Waals surface area contributed by atoms with Gasteiger partial charge in [0.05, 0.1) is 10.6 Å².